The third-order valence-corrected chi connectivity index (χ3v) is 2.56. The van der Waals surface area contributed by atoms with E-state index in [9.17, 15) is 9.18 Å². The standard InChI is InChI=1S/C12H8ClFN2O/c13-7-3-1-5-9(15)10(7)12(17)11-8(14)4-2-6-16-11/h1-6H,15H2. The lowest BCUT2D eigenvalue weighted by molar-refractivity contribution is 0.103. The second-order valence-electron chi connectivity index (χ2n) is 3.37. The van der Waals surface area contributed by atoms with E-state index in [1.807, 2.05) is 0 Å². The van der Waals surface area contributed by atoms with Gasteiger partial charge in [0.15, 0.2) is 5.82 Å². The highest BCUT2D eigenvalue weighted by atomic mass is 35.5. The van der Waals surface area contributed by atoms with E-state index in [2.05, 4.69) is 4.98 Å². The van der Waals surface area contributed by atoms with Crippen LogP contribution in [0.2, 0.25) is 5.02 Å². The van der Waals surface area contributed by atoms with Crippen molar-refractivity contribution in [3.63, 3.8) is 0 Å². The average Bonchev–Trinajstić information content (AvgIpc) is 2.29. The first kappa shape index (κ1) is 11.5. The van der Waals surface area contributed by atoms with E-state index >= 15 is 0 Å². The van der Waals surface area contributed by atoms with Gasteiger partial charge in [-0.2, -0.15) is 0 Å². The summed E-state index contributed by atoms with van der Waals surface area (Å²) in [6.07, 6.45) is 1.34. The Labute approximate surface area is 102 Å². The van der Waals surface area contributed by atoms with Crippen molar-refractivity contribution in [1.82, 2.24) is 4.98 Å². The van der Waals surface area contributed by atoms with Gasteiger partial charge in [-0.25, -0.2) is 9.37 Å². The number of nitrogen functional groups attached to an aromatic ring is 1. The van der Waals surface area contributed by atoms with Crippen molar-refractivity contribution in [2.75, 3.05) is 5.73 Å². The van der Waals surface area contributed by atoms with Crippen LogP contribution < -0.4 is 5.73 Å². The number of halogens is 2. The van der Waals surface area contributed by atoms with E-state index in [1.165, 1.54) is 24.4 Å². The largest absolute Gasteiger partial charge is 0.398 e. The Hall–Kier alpha value is -1.94. The Morgan fingerprint density at radius 1 is 1.29 bits per heavy atom. The molecule has 0 aliphatic heterocycles. The SMILES string of the molecule is Nc1cccc(Cl)c1C(=O)c1ncccc1F. The molecule has 3 nitrogen and oxygen atoms in total. The van der Waals surface area contributed by atoms with Gasteiger partial charge in [-0.1, -0.05) is 17.7 Å². The first-order chi connectivity index (χ1) is 8.11. The van der Waals surface area contributed by atoms with Gasteiger partial charge in [0.2, 0.25) is 5.78 Å². The molecule has 2 N–H and O–H groups in total. The Morgan fingerprint density at radius 2 is 2.06 bits per heavy atom. The lowest BCUT2D eigenvalue weighted by atomic mass is 10.1. The van der Waals surface area contributed by atoms with Crippen LogP contribution >= 0.6 is 11.6 Å². The van der Waals surface area contributed by atoms with Crippen LogP contribution in [-0.4, -0.2) is 10.8 Å². The van der Waals surface area contributed by atoms with Gasteiger partial charge in [0.05, 0.1) is 10.6 Å². The molecule has 86 valence electrons. The molecule has 1 aromatic heterocycles. The normalized spacial score (nSPS) is 10.2. The smallest absolute Gasteiger partial charge is 0.217 e. The van der Waals surface area contributed by atoms with E-state index in [4.69, 9.17) is 17.3 Å². The number of pyridine rings is 1. The summed E-state index contributed by atoms with van der Waals surface area (Å²) in [5.74, 6) is -1.32. The first-order valence-corrected chi connectivity index (χ1v) is 5.18. The molecule has 2 rings (SSSR count). The highest BCUT2D eigenvalue weighted by molar-refractivity contribution is 6.35. The Balaban J connectivity index is 2.56. The minimum absolute atomic E-state index is 0.0757. The molecule has 17 heavy (non-hydrogen) atoms. The molecule has 0 unspecified atom stereocenters. The van der Waals surface area contributed by atoms with Crippen LogP contribution in [0.3, 0.4) is 0 Å². The molecule has 0 amide bonds. The van der Waals surface area contributed by atoms with Gasteiger partial charge in [0.1, 0.15) is 5.69 Å². The zero-order chi connectivity index (χ0) is 12.4. The number of benzene rings is 1. The van der Waals surface area contributed by atoms with E-state index in [0.29, 0.717) is 0 Å². The van der Waals surface area contributed by atoms with Crippen LogP contribution in [-0.2, 0) is 0 Å². The summed E-state index contributed by atoms with van der Waals surface area (Å²) in [5, 5.41) is 0.181. The van der Waals surface area contributed by atoms with Crippen molar-refractivity contribution in [2.45, 2.75) is 0 Å². The van der Waals surface area contributed by atoms with Gasteiger partial charge in [0, 0.05) is 11.9 Å². The van der Waals surface area contributed by atoms with Crippen LogP contribution in [0.25, 0.3) is 0 Å². The highest BCUT2D eigenvalue weighted by Gasteiger charge is 2.20. The van der Waals surface area contributed by atoms with Crippen LogP contribution in [0, 0.1) is 5.82 Å². The molecule has 0 spiro atoms. The summed E-state index contributed by atoms with van der Waals surface area (Å²) in [6, 6.07) is 7.23. The maximum Gasteiger partial charge on any atom is 0.217 e. The fourth-order valence-corrected chi connectivity index (χ4v) is 1.72. The average molecular weight is 251 g/mol. The Morgan fingerprint density at radius 3 is 2.71 bits per heavy atom. The van der Waals surface area contributed by atoms with Crippen LogP contribution in [0.5, 0.6) is 0 Å². The van der Waals surface area contributed by atoms with Crippen LogP contribution in [0.1, 0.15) is 16.1 Å². The number of nitrogens with zero attached hydrogens (tertiary/aromatic N) is 1. The topological polar surface area (TPSA) is 56.0 Å². The van der Waals surface area contributed by atoms with Crippen molar-refractivity contribution >= 4 is 23.1 Å². The first-order valence-electron chi connectivity index (χ1n) is 4.80. The lowest BCUT2D eigenvalue weighted by Crippen LogP contribution is -2.10. The van der Waals surface area contributed by atoms with Crippen molar-refractivity contribution < 1.29 is 9.18 Å². The molecule has 1 heterocycles. The summed E-state index contributed by atoms with van der Waals surface area (Å²) >= 11 is 5.88. The van der Waals surface area contributed by atoms with Crippen LogP contribution in [0.15, 0.2) is 36.5 Å². The molecule has 0 saturated carbocycles. The zero-order valence-corrected chi connectivity index (χ0v) is 9.41. The molecule has 5 heteroatoms. The summed E-state index contributed by atoms with van der Waals surface area (Å²) < 4.78 is 13.4. The molecular weight excluding hydrogens is 243 g/mol. The maximum absolute atomic E-state index is 13.4. The van der Waals surface area contributed by atoms with Gasteiger partial charge in [-0.05, 0) is 24.3 Å². The second kappa shape index (κ2) is 4.51. The zero-order valence-electron chi connectivity index (χ0n) is 8.65. The number of carbonyl (C=O) groups is 1. The Kier molecular flexibility index (Phi) is 3.06. The number of hydrogen-bond acceptors (Lipinski definition) is 3. The Bertz CT molecular complexity index is 566. The van der Waals surface area contributed by atoms with E-state index in [0.717, 1.165) is 6.07 Å². The van der Waals surface area contributed by atoms with Crippen LogP contribution in [0.4, 0.5) is 10.1 Å². The number of rotatable bonds is 2. The predicted molar refractivity (Wildman–Crippen MR) is 63.5 cm³/mol. The molecule has 1 aromatic carbocycles. The van der Waals surface area contributed by atoms with E-state index in [-0.39, 0.29) is 22.0 Å². The molecule has 0 fully saturated rings. The maximum atomic E-state index is 13.4. The quantitative estimate of drug-likeness (QED) is 0.659. The van der Waals surface area contributed by atoms with Gasteiger partial charge in [0.25, 0.3) is 0 Å². The fourth-order valence-electron chi connectivity index (χ4n) is 1.45. The molecule has 0 aliphatic rings. The number of aromatic nitrogens is 1. The van der Waals surface area contributed by atoms with Gasteiger partial charge < -0.3 is 5.73 Å². The van der Waals surface area contributed by atoms with Gasteiger partial charge >= 0.3 is 0 Å². The summed E-state index contributed by atoms with van der Waals surface area (Å²) in [7, 11) is 0. The molecule has 2 aromatic rings. The second-order valence-corrected chi connectivity index (χ2v) is 3.77. The number of ketones is 1. The molecular formula is C12H8ClFN2O. The summed E-state index contributed by atoms with van der Waals surface area (Å²) in [5.41, 5.74) is 5.65. The van der Waals surface area contributed by atoms with Gasteiger partial charge in [-0.3, -0.25) is 4.79 Å². The number of hydrogen-bond donors (Lipinski definition) is 1. The van der Waals surface area contributed by atoms with Crippen molar-refractivity contribution in [3.8, 4) is 0 Å². The third kappa shape index (κ3) is 2.12. The molecule has 0 saturated heterocycles. The third-order valence-electron chi connectivity index (χ3n) is 2.25. The van der Waals surface area contributed by atoms with E-state index in [1.54, 1.807) is 6.07 Å². The molecule has 0 bridgehead atoms. The van der Waals surface area contributed by atoms with Crippen molar-refractivity contribution in [1.29, 1.82) is 0 Å². The fraction of sp³-hybridized carbons (Fsp3) is 0. The highest BCUT2D eigenvalue weighted by Crippen LogP contribution is 2.25. The minimum atomic E-state index is -0.697. The summed E-state index contributed by atoms with van der Waals surface area (Å²) in [4.78, 5) is 15.7. The van der Waals surface area contributed by atoms with Crippen molar-refractivity contribution in [3.05, 3.63) is 58.6 Å². The minimum Gasteiger partial charge on any atom is -0.398 e. The van der Waals surface area contributed by atoms with E-state index < -0.39 is 11.6 Å². The summed E-state index contributed by atoms with van der Waals surface area (Å²) in [6.45, 7) is 0. The lowest BCUT2D eigenvalue weighted by Gasteiger charge is -2.06. The monoisotopic (exact) mass is 250 g/mol. The number of carbonyl (C=O) groups excluding carboxylic acids is 1. The molecule has 0 aliphatic carbocycles. The molecule has 0 radical (unpaired) electrons. The molecule has 0 atom stereocenters. The van der Waals surface area contributed by atoms with Crippen molar-refractivity contribution in [2.24, 2.45) is 0 Å². The number of anilines is 1. The van der Waals surface area contributed by atoms with Gasteiger partial charge in [-0.15, -0.1) is 0 Å². The predicted octanol–water partition coefficient (Wildman–Crippen LogP) is 2.69. The number of nitrogens with two attached hydrogens (primary N) is 1.